The maximum absolute atomic E-state index is 4.30. The van der Waals surface area contributed by atoms with E-state index < -0.39 is 0 Å². The molecule has 1 atom stereocenters. The predicted octanol–water partition coefficient (Wildman–Crippen LogP) is 0.965. The molecule has 2 heterocycles. The topological polar surface area (TPSA) is 63.6 Å². The summed E-state index contributed by atoms with van der Waals surface area (Å²) in [7, 11) is 0. The summed E-state index contributed by atoms with van der Waals surface area (Å²) in [6.07, 6.45) is 8.53. The Morgan fingerprint density at radius 2 is 2.12 bits per heavy atom. The minimum atomic E-state index is 0.0224. The molecule has 2 aromatic heterocycles. The van der Waals surface area contributed by atoms with Crippen LogP contribution in [-0.2, 0) is 0 Å². The number of hydrogen-bond donors (Lipinski definition) is 1. The van der Waals surface area contributed by atoms with Crippen molar-refractivity contribution in [2.24, 2.45) is 0 Å². The summed E-state index contributed by atoms with van der Waals surface area (Å²) < 4.78 is 0. The van der Waals surface area contributed by atoms with Gasteiger partial charge < -0.3 is 5.32 Å². The molecule has 1 N–H and O–H groups in total. The molecule has 0 aliphatic heterocycles. The highest BCUT2D eigenvalue weighted by Gasteiger charge is 2.14. The van der Waals surface area contributed by atoms with Crippen LogP contribution in [0.25, 0.3) is 0 Å². The van der Waals surface area contributed by atoms with Crippen molar-refractivity contribution in [2.75, 3.05) is 6.54 Å². The van der Waals surface area contributed by atoms with Gasteiger partial charge in [-0.05, 0) is 18.2 Å². The Bertz CT molecular complexity index is 377. The Morgan fingerprint density at radius 1 is 1.19 bits per heavy atom. The van der Waals surface area contributed by atoms with Gasteiger partial charge in [0.15, 0.2) is 0 Å². The van der Waals surface area contributed by atoms with E-state index in [1.807, 2.05) is 6.07 Å². The molecule has 16 heavy (non-hydrogen) atoms. The van der Waals surface area contributed by atoms with Crippen LogP contribution in [-0.4, -0.2) is 26.7 Å². The van der Waals surface area contributed by atoms with Crippen molar-refractivity contribution in [3.63, 3.8) is 0 Å². The highest BCUT2D eigenvalue weighted by atomic mass is 15.1. The van der Waals surface area contributed by atoms with Crippen LogP contribution < -0.4 is 5.32 Å². The third kappa shape index (κ3) is 2.38. The molecular weight excluding hydrogens is 202 g/mol. The van der Waals surface area contributed by atoms with E-state index in [9.17, 15) is 0 Å². The lowest BCUT2D eigenvalue weighted by Crippen LogP contribution is -2.23. The fraction of sp³-hybridized carbons (Fsp3) is 0.273. The molecule has 82 valence electrons. The number of aromatic nitrogens is 4. The first-order valence-corrected chi connectivity index (χ1v) is 5.17. The van der Waals surface area contributed by atoms with Crippen LogP contribution in [0.5, 0.6) is 0 Å². The van der Waals surface area contributed by atoms with Crippen molar-refractivity contribution in [3.05, 3.63) is 48.3 Å². The van der Waals surface area contributed by atoms with Crippen LogP contribution in [0.4, 0.5) is 0 Å². The molecule has 0 aliphatic carbocycles. The van der Waals surface area contributed by atoms with Gasteiger partial charge in [0.05, 0.1) is 24.1 Å². The van der Waals surface area contributed by atoms with Gasteiger partial charge in [-0.25, -0.2) is 0 Å². The third-order valence-corrected chi connectivity index (χ3v) is 2.23. The van der Waals surface area contributed by atoms with Crippen LogP contribution >= 0.6 is 0 Å². The molecule has 0 fully saturated rings. The summed E-state index contributed by atoms with van der Waals surface area (Å²) in [6, 6.07) is 1.95. The molecule has 0 saturated heterocycles. The monoisotopic (exact) mass is 215 g/mol. The van der Waals surface area contributed by atoms with E-state index in [-0.39, 0.29) is 6.04 Å². The summed E-state index contributed by atoms with van der Waals surface area (Å²) in [4.78, 5) is 8.38. The van der Waals surface area contributed by atoms with E-state index in [1.54, 1.807) is 31.0 Å². The zero-order valence-corrected chi connectivity index (χ0v) is 9.04. The summed E-state index contributed by atoms with van der Waals surface area (Å²) in [5.41, 5.74) is 1.93. The third-order valence-electron chi connectivity index (χ3n) is 2.23. The molecule has 5 nitrogen and oxygen atoms in total. The Morgan fingerprint density at radius 3 is 2.75 bits per heavy atom. The first-order valence-electron chi connectivity index (χ1n) is 5.17. The molecule has 5 heteroatoms. The smallest absolute Gasteiger partial charge is 0.0802 e. The van der Waals surface area contributed by atoms with Crippen molar-refractivity contribution in [2.45, 2.75) is 13.0 Å². The van der Waals surface area contributed by atoms with Crippen LogP contribution in [0.1, 0.15) is 24.2 Å². The number of hydrogen-bond acceptors (Lipinski definition) is 5. The van der Waals surface area contributed by atoms with E-state index in [2.05, 4.69) is 32.4 Å². The minimum absolute atomic E-state index is 0.0224. The van der Waals surface area contributed by atoms with Gasteiger partial charge in [0.1, 0.15) is 0 Å². The fourth-order valence-corrected chi connectivity index (χ4v) is 1.53. The maximum Gasteiger partial charge on any atom is 0.0802 e. The van der Waals surface area contributed by atoms with Gasteiger partial charge in [0, 0.05) is 18.6 Å². The lowest BCUT2D eigenvalue weighted by Gasteiger charge is -2.16. The van der Waals surface area contributed by atoms with E-state index in [1.165, 1.54) is 0 Å². The molecule has 0 radical (unpaired) electrons. The second-order valence-corrected chi connectivity index (χ2v) is 3.30. The molecule has 0 amide bonds. The maximum atomic E-state index is 4.30. The Labute approximate surface area is 94.0 Å². The lowest BCUT2D eigenvalue weighted by molar-refractivity contribution is 0.609. The highest BCUT2D eigenvalue weighted by molar-refractivity contribution is 5.22. The number of nitrogens with zero attached hydrogens (tertiary/aromatic N) is 4. The zero-order chi connectivity index (χ0) is 11.2. The van der Waals surface area contributed by atoms with E-state index >= 15 is 0 Å². The molecule has 0 bridgehead atoms. The van der Waals surface area contributed by atoms with Gasteiger partial charge in [-0.1, -0.05) is 6.92 Å². The van der Waals surface area contributed by atoms with Crippen molar-refractivity contribution in [1.29, 1.82) is 0 Å². The van der Waals surface area contributed by atoms with Crippen molar-refractivity contribution >= 4 is 0 Å². The van der Waals surface area contributed by atoms with Gasteiger partial charge in [-0.3, -0.25) is 9.97 Å². The normalized spacial score (nSPS) is 12.3. The molecule has 0 aliphatic rings. The minimum Gasteiger partial charge on any atom is -0.305 e. The number of nitrogens with one attached hydrogen (secondary N) is 1. The van der Waals surface area contributed by atoms with E-state index in [0.29, 0.717) is 0 Å². The molecule has 2 aromatic rings. The molecule has 1 unspecified atom stereocenters. The second kappa shape index (κ2) is 5.27. The Hall–Kier alpha value is -1.88. The van der Waals surface area contributed by atoms with Crippen LogP contribution in [0.3, 0.4) is 0 Å². The van der Waals surface area contributed by atoms with Crippen LogP contribution in [0.15, 0.2) is 37.1 Å². The molecule has 2 rings (SSSR count). The summed E-state index contributed by atoms with van der Waals surface area (Å²) >= 11 is 0. The zero-order valence-electron chi connectivity index (χ0n) is 9.04. The van der Waals surface area contributed by atoms with Crippen LogP contribution in [0.2, 0.25) is 0 Å². The van der Waals surface area contributed by atoms with E-state index in [0.717, 1.165) is 17.8 Å². The average molecular weight is 215 g/mol. The largest absolute Gasteiger partial charge is 0.305 e. The average Bonchev–Trinajstić information content (AvgIpc) is 2.38. The second-order valence-electron chi connectivity index (χ2n) is 3.30. The molecule has 0 spiro atoms. The quantitative estimate of drug-likeness (QED) is 0.823. The van der Waals surface area contributed by atoms with Gasteiger partial charge in [-0.15, -0.1) is 0 Å². The van der Waals surface area contributed by atoms with Crippen LogP contribution in [0, 0.1) is 0 Å². The van der Waals surface area contributed by atoms with Crippen molar-refractivity contribution < 1.29 is 0 Å². The first-order chi connectivity index (χ1) is 7.92. The SMILES string of the molecule is CCNC(c1ccnnc1)c1cnccn1. The predicted molar refractivity (Wildman–Crippen MR) is 59.6 cm³/mol. The summed E-state index contributed by atoms with van der Waals surface area (Å²) in [5, 5.41) is 11.0. The van der Waals surface area contributed by atoms with Crippen molar-refractivity contribution in [3.8, 4) is 0 Å². The molecule has 0 saturated carbocycles. The van der Waals surface area contributed by atoms with Gasteiger partial charge in [0.2, 0.25) is 0 Å². The van der Waals surface area contributed by atoms with Crippen molar-refractivity contribution in [1.82, 2.24) is 25.5 Å². The first kappa shape index (κ1) is 10.6. The van der Waals surface area contributed by atoms with E-state index in [4.69, 9.17) is 0 Å². The highest BCUT2D eigenvalue weighted by Crippen LogP contribution is 2.17. The number of rotatable bonds is 4. The lowest BCUT2D eigenvalue weighted by atomic mass is 10.1. The van der Waals surface area contributed by atoms with Gasteiger partial charge in [-0.2, -0.15) is 10.2 Å². The Balaban J connectivity index is 2.31. The summed E-state index contributed by atoms with van der Waals surface area (Å²) in [5.74, 6) is 0. The van der Waals surface area contributed by atoms with Gasteiger partial charge >= 0.3 is 0 Å². The van der Waals surface area contributed by atoms with Gasteiger partial charge in [0.25, 0.3) is 0 Å². The standard InChI is InChI=1S/C11H13N5/c1-2-13-11(9-3-4-15-16-7-9)10-8-12-5-6-14-10/h3-8,11,13H,2H2,1H3. The summed E-state index contributed by atoms with van der Waals surface area (Å²) in [6.45, 7) is 2.90. The molecule has 0 aromatic carbocycles. The molecular formula is C11H13N5. The fourth-order valence-electron chi connectivity index (χ4n) is 1.53. The Kier molecular flexibility index (Phi) is 3.50.